The molecule has 0 bridgehead atoms. The lowest BCUT2D eigenvalue weighted by molar-refractivity contribution is 0.0932. The molecule has 1 fully saturated rings. The van der Waals surface area contributed by atoms with Gasteiger partial charge in [-0.2, -0.15) is 4.98 Å². The number of amides is 1. The molecule has 26 heavy (non-hydrogen) atoms. The molecular formula is C20H20N4O2. The molecule has 1 unspecified atom stereocenters. The molecule has 1 aromatic carbocycles. The van der Waals surface area contributed by atoms with E-state index >= 15 is 0 Å². The van der Waals surface area contributed by atoms with Crippen molar-refractivity contribution >= 4 is 5.91 Å². The highest BCUT2D eigenvalue weighted by Gasteiger charge is 2.25. The number of pyridine rings is 1. The smallest absolute Gasteiger partial charge is 0.251 e. The minimum atomic E-state index is -0.380. The lowest BCUT2D eigenvalue weighted by atomic mass is 10.1. The van der Waals surface area contributed by atoms with Crippen LogP contribution in [0.15, 0.2) is 47.1 Å². The first-order valence-corrected chi connectivity index (χ1v) is 8.77. The Hall–Kier alpha value is -3.02. The summed E-state index contributed by atoms with van der Waals surface area (Å²) in [6, 6.07) is 10.9. The van der Waals surface area contributed by atoms with Crippen molar-refractivity contribution in [3.8, 4) is 11.4 Å². The fourth-order valence-electron chi connectivity index (χ4n) is 2.76. The van der Waals surface area contributed by atoms with Crippen molar-refractivity contribution in [2.24, 2.45) is 0 Å². The molecule has 4 rings (SSSR count). The summed E-state index contributed by atoms with van der Waals surface area (Å²) in [6.07, 6.45) is 4.16. The van der Waals surface area contributed by atoms with Gasteiger partial charge in [-0.15, -0.1) is 0 Å². The molecule has 1 amide bonds. The first-order chi connectivity index (χ1) is 12.6. The highest BCUT2D eigenvalue weighted by atomic mass is 16.5. The second-order valence-corrected chi connectivity index (χ2v) is 6.76. The number of rotatable bonds is 5. The summed E-state index contributed by atoms with van der Waals surface area (Å²) in [4.78, 5) is 21.2. The number of aryl methyl sites for hydroxylation is 1. The Bertz CT molecular complexity index is 929. The minimum Gasteiger partial charge on any atom is -0.341 e. The second kappa shape index (κ2) is 6.71. The van der Waals surface area contributed by atoms with Crippen molar-refractivity contribution < 1.29 is 9.32 Å². The van der Waals surface area contributed by atoms with Crippen molar-refractivity contribution in [2.45, 2.75) is 38.6 Å². The van der Waals surface area contributed by atoms with Crippen LogP contribution >= 0.6 is 0 Å². The van der Waals surface area contributed by atoms with E-state index in [0.717, 1.165) is 16.8 Å². The van der Waals surface area contributed by atoms with Gasteiger partial charge in [0.25, 0.3) is 5.91 Å². The number of carbonyl (C=O) groups excluding carboxylic acids is 1. The summed E-state index contributed by atoms with van der Waals surface area (Å²) in [6.45, 7) is 3.81. The summed E-state index contributed by atoms with van der Waals surface area (Å²) >= 11 is 0. The van der Waals surface area contributed by atoms with Crippen LogP contribution in [-0.2, 0) is 0 Å². The van der Waals surface area contributed by atoms with E-state index in [1.807, 2.05) is 38.1 Å². The monoisotopic (exact) mass is 348 g/mol. The lowest BCUT2D eigenvalue weighted by Crippen LogP contribution is -2.26. The zero-order valence-corrected chi connectivity index (χ0v) is 14.8. The maximum Gasteiger partial charge on any atom is 0.251 e. The van der Waals surface area contributed by atoms with Gasteiger partial charge in [-0.1, -0.05) is 22.9 Å². The average Bonchev–Trinajstić information content (AvgIpc) is 3.38. The van der Waals surface area contributed by atoms with Crippen LogP contribution < -0.4 is 5.32 Å². The van der Waals surface area contributed by atoms with E-state index in [2.05, 4.69) is 20.4 Å². The Morgan fingerprint density at radius 2 is 2.00 bits per heavy atom. The van der Waals surface area contributed by atoms with Crippen LogP contribution in [0.1, 0.15) is 59.2 Å². The molecule has 6 heteroatoms. The molecule has 2 aromatic heterocycles. The normalized spacial score (nSPS) is 14.8. The summed E-state index contributed by atoms with van der Waals surface area (Å²) in [5.41, 5.74) is 3.67. The van der Waals surface area contributed by atoms with Gasteiger partial charge in [-0.25, -0.2) is 0 Å². The number of carbonyl (C=O) groups is 1. The van der Waals surface area contributed by atoms with Crippen molar-refractivity contribution in [3.05, 3.63) is 65.3 Å². The molecule has 6 nitrogen and oxygen atoms in total. The lowest BCUT2D eigenvalue weighted by Gasteiger charge is -2.09. The Labute approximate surface area is 151 Å². The van der Waals surface area contributed by atoms with Gasteiger partial charge in [0.05, 0.1) is 0 Å². The molecule has 1 aliphatic rings. The molecule has 0 saturated heterocycles. The number of nitrogens with one attached hydrogen (secondary N) is 1. The maximum absolute atomic E-state index is 12.3. The largest absolute Gasteiger partial charge is 0.341 e. The van der Waals surface area contributed by atoms with Crippen molar-refractivity contribution in [3.63, 3.8) is 0 Å². The zero-order chi connectivity index (χ0) is 18.1. The first kappa shape index (κ1) is 16.4. The molecular weight excluding hydrogens is 328 g/mol. The highest BCUT2D eigenvalue weighted by molar-refractivity contribution is 5.94. The summed E-state index contributed by atoms with van der Waals surface area (Å²) in [5.74, 6) is 1.29. The number of nitrogens with zero attached hydrogens (tertiary/aromatic N) is 3. The summed E-state index contributed by atoms with van der Waals surface area (Å²) in [7, 11) is 0. The van der Waals surface area contributed by atoms with E-state index < -0.39 is 0 Å². The van der Waals surface area contributed by atoms with E-state index in [1.165, 1.54) is 12.8 Å². The predicted molar refractivity (Wildman–Crippen MR) is 96.6 cm³/mol. The fraction of sp³-hybridized carbons (Fsp3) is 0.300. The quantitative estimate of drug-likeness (QED) is 0.758. The van der Waals surface area contributed by atoms with Gasteiger partial charge < -0.3 is 9.84 Å². The van der Waals surface area contributed by atoms with Crippen molar-refractivity contribution in [2.75, 3.05) is 0 Å². The second-order valence-electron chi connectivity index (χ2n) is 6.76. The van der Waals surface area contributed by atoms with Gasteiger partial charge in [0.2, 0.25) is 11.7 Å². The number of hydrogen-bond acceptors (Lipinski definition) is 5. The van der Waals surface area contributed by atoms with E-state index in [9.17, 15) is 4.79 Å². The van der Waals surface area contributed by atoms with Gasteiger partial charge in [-0.05, 0) is 51.0 Å². The molecule has 132 valence electrons. The summed E-state index contributed by atoms with van der Waals surface area (Å²) < 4.78 is 5.36. The number of aromatic nitrogens is 3. The van der Waals surface area contributed by atoms with E-state index in [-0.39, 0.29) is 11.9 Å². The first-order valence-electron chi connectivity index (χ1n) is 8.77. The Kier molecular flexibility index (Phi) is 4.24. The van der Waals surface area contributed by atoms with Gasteiger partial charge in [0.15, 0.2) is 0 Å². The maximum atomic E-state index is 12.3. The van der Waals surface area contributed by atoms with Crippen LogP contribution in [0.25, 0.3) is 11.4 Å². The van der Waals surface area contributed by atoms with Crippen molar-refractivity contribution in [1.29, 1.82) is 0 Å². The Balaban J connectivity index is 1.47. The van der Waals surface area contributed by atoms with E-state index in [0.29, 0.717) is 23.2 Å². The topological polar surface area (TPSA) is 80.9 Å². The van der Waals surface area contributed by atoms with Crippen LogP contribution in [0.5, 0.6) is 0 Å². The van der Waals surface area contributed by atoms with Crippen LogP contribution in [0.4, 0.5) is 0 Å². The highest BCUT2D eigenvalue weighted by Crippen LogP contribution is 2.39. The van der Waals surface area contributed by atoms with Crippen LogP contribution in [0.2, 0.25) is 0 Å². The Morgan fingerprint density at radius 3 is 2.73 bits per heavy atom. The molecule has 1 aliphatic carbocycles. The molecule has 3 aromatic rings. The zero-order valence-electron chi connectivity index (χ0n) is 14.8. The fourth-order valence-corrected chi connectivity index (χ4v) is 2.76. The van der Waals surface area contributed by atoms with Crippen molar-refractivity contribution in [1.82, 2.24) is 20.4 Å². The van der Waals surface area contributed by atoms with Gasteiger partial charge in [0.1, 0.15) is 6.04 Å². The predicted octanol–water partition coefficient (Wildman–Crippen LogP) is 3.81. The molecule has 2 heterocycles. The van der Waals surface area contributed by atoms with Gasteiger partial charge in [-0.3, -0.25) is 9.78 Å². The number of benzene rings is 1. The van der Waals surface area contributed by atoms with E-state index in [4.69, 9.17) is 4.52 Å². The van der Waals surface area contributed by atoms with Crippen LogP contribution in [0, 0.1) is 6.92 Å². The Morgan fingerprint density at radius 1 is 1.23 bits per heavy atom. The van der Waals surface area contributed by atoms with E-state index in [1.54, 1.807) is 18.3 Å². The molecule has 1 N–H and O–H groups in total. The third kappa shape index (κ3) is 3.49. The third-order valence-corrected chi connectivity index (χ3v) is 4.51. The molecule has 0 radical (unpaired) electrons. The molecule has 0 aliphatic heterocycles. The van der Waals surface area contributed by atoms with Crippen LogP contribution in [-0.4, -0.2) is 21.0 Å². The van der Waals surface area contributed by atoms with Gasteiger partial charge in [0, 0.05) is 28.9 Å². The third-order valence-electron chi connectivity index (χ3n) is 4.51. The summed E-state index contributed by atoms with van der Waals surface area (Å²) in [5, 5.41) is 6.94. The standard InChI is InChI=1S/C20H20N4O2/c1-12-3-5-15(6-4-12)19(25)22-13(2)20-23-18(24-26-20)16-9-10-21-17(11-16)14-7-8-14/h3-6,9-11,13-14H,7-8H2,1-2H3,(H,22,25). The molecule has 0 spiro atoms. The molecule has 1 saturated carbocycles. The van der Waals surface area contributed by atoms with Crippen LogP contribution in [0.3, 0.4) is 0 Å². The average molecular weight is 348 g/mol. The SMILES string of the molecule is Cc1ccc(C(=O)NC(C)c2nc(-c3ccnc(C4CC4)c3)no2)cc1. The number of hydrogen-bond donors (Lipinski definition) is 1. The van der Waals surface area contributed by atoms with Gasteiger partial charge >= 0.3 is 0 Å². The molecule has 1 atom stereocenters. The minimum absolute atomic E-state index is 0.169.